The molecule has 88 heavy (non-hydrogen) atoms. The number of aryl methyl sites for hydroxylation is 9. The van der Waals surface area contributed by atoms with Crippen molar-refractivity contribution in [3.8, 4) is 38.8 Å². The predicted molar refractivity (Wildman–Crippen MR) is 355 cm³/mol. The minimum atomic E-state index is -4.99. The van der Waals surface area contributed by atoms with Crippen molar-refractivity contribution in [3.05, 3.63) is 246 Å². The summed E-state index contributed by atoms with van der Waals surface area (Å²) in [5.74, 6) is -19.9. The molecular formula is C71H65BCl4F10P2. The second kappa shape index (κ2) is 28.9. The number of rotatable bonds is 11. The Balaban J connectivity index is 0.00000177. The average molecular weight is 1320 g/mol. The number of hydrogen-bond acceptors (Lipinski definition) is 0. The Kier molecular flexibility index (Phi) is 22.8. The molecule has 460 valence electrons. The zero-order valence-electron chi connectivity index (χ0n) is 50.7. The third-order valence-electron chi connectivity index (χ3n) is 15.8. The first-order chi connectivity index (χ1) is 41.5. The molecule has 0 radical (unpaired) electrons. The van der Waals surface area contributed by atoms with Crippen molar-refractivity contribution in [1.82, 2.24) is 0 Å². The molecule has 9 rings (SSSR count). The maximum atomic E-state index is 18.1. The van der Waals surface area contributed by atoms with Crippen LogP contribution in [-0.4, -0.2) is 23.0 Å². The molecule has 9 aromatic rings. The summed E-state index contributed by atoms with van der Waals surface area (Å²) in [5.41, 5.74) is 5.48. The second-order valence-corrected chi connectivity index (χ2v) is 29.1. The molecule has 1 atom stereocenters. The lowest BCUT2D eigenvalue weighted by atomic mass is 9.15. The first-order valence-electron chi connectivity index (χ1n) is 28.1. The van der Waals surface area contributed by atoms with Crippen LogP contribution in [-0.2, 0) is 11.8 Å². The molecule has 8 aromatic carbocycles. The summed E-state index contributed by atoms with van der Waals surface area (Å²) < 4.78 is 170. The minimum absolute atomic E-state index is 0.0364. The number of alkyl halides is 4. The molecule has 17 heteroatoms. The molecule has 0 N–H and O–H groups in total. The molecule has 0 aliphatic heterocycles. The van der Waals surface area contributed by atoms with E-state index < -0.39 is 102 Å². The highest BCUT2D eigenvalue weighted by atomic mass is 35.5. The fraction of sp³-hybridized carbons (Fsp3) is 0.239. The van der Waals surface area contributed by atoms with Crippen molar-refractivity contribution >= 4 is 95.0 Å². The Morgan fingerprint density at radius 1 is 0.432 bits per heavy atom. The van der Waals surface area contributed by atoms with Gasteiger partial charge in [0.05, 0.1) is 24.8 Å². The molecule has 0 aliphatic carbocycles. The van der Waals surface area contributed by atoms with Gasteiger partial charge in [0.2, 0.25) is 0 Å². The largest absolute Gasteiger partial charge is 0.291 e. The van der Waals surface area contributed by atoms with Gasteiger partial charge in [0, 0.05) is 22.6 Å². The van der Waals surface area contributed by atoms with E-state index in [1.807, 2.05) is 95.2 Å². The van der Waals surface area contributed by atoms with Crippen LogP contribution in [0.15, 0.2) is 121 Å². The smallest absolute Gasteiger partial charge is 0.200 e. The summed E-state index contributed by atoms with van der Waals surface area (Å²) in [6, 6.07) is 35.8. The Labute approximate surface area is 532 Å². The zero-order valence-corrected chi connectivity index (χ0v) is 55.6. The first-order valence-corrected chi connectivity index (χ1v) is 33.3. The quantitative estimate of drug-likeness (QED) is 0.0230. The summed E-state index contributed by atoms with van der Waals surface area (Å²) >= 11 is 19.1. The second-order valence-electron chi connectivity index (χ2n) is 23.1. The van der Waals surface area contributed by atoms with Crippen molar-refractivity contribution < 1.29 is 43.9 Å². The first kappa shape index (κ1) is 69.5. The van der Waals surface area contributed by atoms with Crippen LogP contribution in [0.5, 0.6) is 0 Å². The fourth-order valence-electron chi connectivity index (χ4n) is 12.7. The van der Waals surface area contributed by atoms with Gasteiger partial charge in [-0.1, -0.05) is 160 Å². The lowest BCUT2D eigenvalue weighted by Crippen LogP contribution is -2.71. The van der Waals surface area contributed by atoms with Gasteiger partial charge in [-0.15, -0.1) is 63.2 Å². The van der Waals surface area contributed by atoms with Gasteiger partial charge < -0.3 is 0 Å². The normalized spacial score (nSPS) is 11.7. The summed E-state index contributed by atoms with van der Waals surface area (Å²) in [6.07, 6.45) is -4.89. The van der Waals surface area contributed by atoms with Crippen LogP contribution >= 0.6 is 61.9 Å². The van der Waals surface area contributed by atoms with Crippen LogP contribution < -0.4 is 27.0 Å². The third kappa shape index (κ3) is 13.7. The van der Waals surface area contributed by atoms with Gasteiger partial charge in [0.15, 0.2) is 41.0 Å². The average Bonchev–Trinajstić information content (AvgIpc) is 1.38. The molecule has 0 aliphatic rings. The van der Waals surface area contributed by atoms with Gasteiger partial charge in [0.1, 0.15) is 33.9 Å². The number of hydrogen-bond donors (Lipinski definition) is 0. The number of benzene rings is 8. The predicted octanol–water partition coefficient (Wildman–Crippen LogP) is 19.8. The molecule has 0 saturated carbocycles. The van der Waals surface area contributed by atoms with Crippen LogP contribution in [0.2, 0.25) is 0 Å². The van der Waals surface area contributed by atoms with E-state index in [4.69, 9.17) is 46.4 Å². The van der Waals surface area contributed by atoms with E-state index >= 15 is 43.9 Å². The topological polar surface area (TPSA) is 0 Å². The Bertz CT molecular complexity index is 3880. The van der Waals surface area contributed by atoms with Crippen molar-refractivity contribution in [2.24, 2.45) is 0 Å². The van der Waals surface area contributed by atoms with Crippen molar-refractivity contribution in [2.45, 2.75) is 94.9 Å². The van der Waals surface area contributed by atoms with Gasteiger partial charge in [-0.3, -0.25) is 5.82 Å². The molecule has 1 unspecified atom stereocenters. The van der Waals surface area contributed by atoms with Gasteiger partial charge >= 0.3 is 0 Å². The molecule has 0 bridgehead atoms. The molecule has 1 aromatic heterocycles. The highest BCUT2D eigenvalue weighted by Crippen LogP contribution is 2.61. The third-order valence-corrected chi connectivity index (χ3v) is 22.4. The van der Waals surface area contributed by atoms with Crippen LogP contribution in [0.1, 0.15) is 87.5 Å². The van der Waals surface area contributed by atoms with E-state index in [9.17, 15) is 0 Å². The van der Waals surface area contributed by atoms with Crippen LogP contribution in [0.25, 0.3) is 27.0 Å². The zero-order chi connectivity index (χ0) is 65.0. The maximum absolute atomic E-state index is 18.1. The summed E-state index contributed by atoms with van der Waals surface area (Å²) in [4.78, 5) is 0. The fourth-order valence-corrected chi connectivity index (χ4v) is 19.6. The molecule has 0 fully saturated rings. The lowest BCUT2D eigenvalue weighted by Gasteiger charge is -2.41. The van der Waals surface area contributed by atoms with E-state index in [-0.39, 0.29) is 45.2 Å². The summed E-state index contributed by atoms with van der Waals surface area (Å²) in [6.45, 7) is 23.6. The lowest BCUT2D eigenvalue weighted by molar-refractivity contribution is 0.382. The highest BCUT2D eigenvalue weighted by molar-refractivity contribution is 7.73. The van der Waals surface area contributed by atoms with Gasteiger partial charge in [-0.25, -0.2) is 43.9 Å². The summed E-state index contributed by atoms with van der Waals surface area (Å²) in [5, 5.41) is 3.75. The Hall–Kier alpha value is -5.95. The van der Waals surface area contributed by atoms with Crippen LogP contribution in [0, 0.1) is 132 Å². The van der Waals surface area contributed by atoms with Crippen LogP contribution in [0.4, 0.5) is 43.9 Å². The molecule has 0 saturated heterocycles. The highest BCUT2D eigenvalue weighted by Gasteiger charge is 2.48. The summed E-state index contributed by atoms with van der Waals surface area (Å²) in [7, 11) is -4.31. The Morgan fingerprint density at radius 2 is 0.761 bits per heavy atom. The maximum Gasteiger partial charge on any atom is 0.200 e. The molecule has 0 amide bonds. The van der Waals surface area contributed by atoms with E-state index in [0.717, 1.165) is 66.2 Å². The van der Waals surface area contributed by atoms with E-state index in [2.05, 4.69) is 36.0 Å². The molecule has 0 spiro atoms. The van der Waals surface area contributed by atoms with Gasteiger partial charge in [-0.2, -0.15) is 5.46 Å². The number of halogens is 14. The van der Waals surface area contributed by atoms with Crippen molar-refractivity contribution in [2.75, 3.05) is 16.8 Å². The van der Waals surface area contributed by atoms with E-state index in [0.29, 0.717) is 16.2 Å². The van der Waals surface area contributed by atoms with Crippen molar-refractivity contribution in [1.29, 1.82) is 0 Å². The monoisotopic (exact) mass is 1320 g/mol. The van der Waals surface area contributed by atoms with Crippen LogP contribution in [0.3, 0.4) is 0 Å². The van der Waals surface area contributed by atoms with E-state index in [1.54, 1.807) is 72.8 Å². The molecular weight excluding hydrogens is 1260 g/mol. The minimum Gasteiger partial charge on any atom is -0.291 e. The van der Waals surface area contributed by atoms with Crippen molar-refractivity contribution in [3.63, 3.8) is 0 Å². The van der Waals surface area contributed by atoms with E-state index in [1.165, 1.54) is 12.1 Å². The van der Waals surface area contributed by atoms with Gasteiger partial charge in [-0.05, 0) is 135 Å². The standard InChI is InChI=1S/C69H60BF10P2.2CH2Cl2/c1-37-31-40(4)64(41(5)32-37)81(65-42(6)33-38(2)34-43(65)7)30-28-50-51(68(48-21-17-14-18-22-48)82(67(50)47-19-15-13-16-20-47)66-44(8)35-39(3)36-45(66)9)70(52-54(71)58(75)62(79)59(76)55(52)72,53-56(73)60(77)63(80)61(78)57(53)74)29-27-46-23-25-49(26-24-46)69(10,11)12;2*2-1-3/h13-26,31-36H,28,30H2,1-12H3;2*1H2/q-1;;/p+1. The Morgan fingerprint density at radius 3 is 1.11 bits per heavy atom. The molecule has 1 heterocycles. The van der Waals surface area contributed by atoms with Gasteiger partial charge in [0.25, 0.3) is 0 Å². The SMILES string of the molecule is Cc1cc(C)c(-p2c(-c3ccccc3)c(CC[PH+](c3c(C)cc(C)cc3C)c3c(C)cc(C)cc3C)c([B-](C#Cc3ccc(C(C)(C)C)cc3)(c3c(F)c(F)c(F)c(F)c3F)c3c(F)c(F)c(F)c(F)c3F)c2-c2ccccc2)c(C)c1.ClCCl.ClCCl. The molecule has 0 nitrogen and oxygen atoms in total.